The molecule has 1 unspecified atom stereocenters. The average molecular weight is 295 g/mol. The third-order valence-electron chi connectivity index (χ3n) is 2.61. The van der Waals surface area contributed by atoms with Crippen molar-refractivity contribution in [1.29, 1.82) is 0 Å². The van der Waals surface area contributed by atoms with Crippen LogP contribution in [0.3, 0.4) is 0 Å². The summed E-state index contributed by atoms with van der Waals surface area (Å²) in [5.74, 6) is -0.764. The number of alkyl halides is 3. The molecular weight excluding hydrogens is 278 g/mol. The molecule has 0 fully saturated rings. The van der Waals surface area contributed by atoms with E-state index in [4.69, 9.17) is 10.5 Å². The van der Waals surface area contributed by atoms with Gasteiger partial charge in [0.15, 0.2) is 18.4 Å². The summed E-state index contributed by atoms with van der Waals surface area (Å²) in [6.45, 7) is -0.225. The fraction of sp³-hybridized carbons (Fsp3) is 0.538. The van der Waals surface area contributed by atoms with Gasteiger partial charge in [-0.1, -0.05) is 19.1 Å². The summed E-state index contributed by atoms with van der Waals surface area (Å²) in [5.41, 5.74) is 6.29. The van der Waals surface area contributed by atoms with Crippen LogP contribution in [0.25, 0.3) is 0 Å². The van der Waals surface area contributed by atoms with Gasteiger partial charge in [0.25, 0.3) is 0 Å². The van der Waals surface area contributed by atoms with Gasteiger partial charge in [-0.3, -0.25) is 0 Å². The summed E-state index contributed by atoms with van der Waals surface area (Å²) >= 11 is 0. The van der Waals surface area contributed by atoms with Gasteiger partial charge in [0, 0.05) is 6.04 Å². The van der Waals surface area contributed by atoms with E-state index >= 15 is 0 Å². The van der Waals surface area contributed by atoms with E-state index in [0.29, 0.717) is 18.4 Å². The SMILES string of the molecule is CCC(N)Cc1cccc(F)c1OCOCC(F)(F)F. The fourth-order valence-electron chi connectivity index (χ4n) is 1.56. The minimum absolute atomic E-state index is 0.112. The maximum Gasteiger partial charge on any atom is 0.411 e. The van der Waals surface area contributed by atoms with Crippen LogP contribution in [0.5, 0.6) is 5.75 Å². The van der Waals surface area contributed by atoms with E-state index < -0.39 is 25.4 Å². The molecule has 0 bridgehead atoms. The summed E-state index contributed by atoms with van der Waals surface area (Å²) in [6.07, 6.45) is -3.37. The molecule has 20 heavy (non-hydrogen) atoms. The Morgan fingerprint density at radius 2 is 2.00 bits per heavy atom. The van der Waals surface area contributed by atoms with E-state index in [9.17, 15) is 17.6 Å². The predicted octanol–water partition coefficient (Wildman–Crippen LogP) is 3.02. The number of para-hydroxylation sites is 1. The molecule has 0 heterocycles. The van der Waals surface area contributed by atoms with Crippen molar-refractivity contribution in [3.8, 4) is 5.75 Å². The minimum Gasteiger partial charge on any atom is -0.464 e. The van der Waals surface area contributed by atoms with Crippen molar-refractivity contribution in [2.45, 2.75) is 32.0 Å². The van der Waals surface area contributed by atoms with Gasteiger partial charge in [0.1, 0.15) is 6.61 Å². The Morgan fingerprint density at radius 3 is 2.60 bits per heavy atom. The third-order valence-corrected chi connectivity index (χ3v) is 2.61. The van der Waals surface area contributed by atoms with Gasteiger partial charge in [-0.2, -0.15) is 13.2 Å². The quantitative estimate of drug-likeness (QED) is 0.478. The summed E-state index contributed by atoms with van der Waals surface area (Å²) in [7, 11) is 0. The molecule has 7 heteroatoms. The Morgan fingerprint density at radius 1 is 1.30 bits per heavy atom. The minimum atomic E-state index is -4.44. The Bertz CT molecular complexity index is 423. The van der Waals surface area contributed by atoms with Crippen LogP contribution in [0.1, 0.15) is 18.9 Å². The number of benzene rings is 1. The molecule has 2 N–H and O–H groups in total. The molecule has 1 rings (SSSR count). The first-order valence-corrected chi connectivity index (χ1v) is 6.13. The lowest BCUT2D eigenvalue weighted by molar-refractivity contribution is -0.187. The highest BCUT2D eigenvalue weighted by Gasteiger charge is 2.27. The molecule has 0 radical (unpaired) electrons. The number of hydrogen-bond acceptors (Lipinski definition) is 3. The second-order valence-electron chi connectivity index (χ2n) is 4.33. The van der Waals surface area contributed by atoms with Gasteiger partial charge in [-0.05, 0) is 24.5 Å². The highest BCUT2D eigenvalue weighted by Crippen LogP contribution is 2.24. The first kappa shape index (κ1) is 16.7. The molecule has 0 aromatic heterocycles. The molecule has 114 valence electrons. The van der Waals surface area contributed by atoms with E-state index in [1.165, 1.54) is 12.1 Å². The number of nitrogens with two attached hydrogens (primary N) is 1. The van der Waals surface area contributed by atoms with E-state index in [1.807, 2.05) is 6.92 Å². The van der Waals surface area contributed by atoms with Gasteiger partial charge in [-0.15, -0.1) is 0 Å². The molecule has 0 amide bonds. The zero-order valence-corrected chi connectivity index (χ0v) is 11.0. The van der Waals surface area contributed by atoms with E-state index in [-0.39, 0.29) is 11.8 Å². The van der Waals surface area contributed by atoms with Crippen LogP contribution in [0.15, 0.2) is 18.2 Å². The molecule has 0 saturated heterocycles. The van der Waals surface area contributed by atoms with Crippen molar-refractivity contribution in [1.82, 2.24) is 0 Å². The maximum absolute atomic E-state index is 13.6. The van der Waals surface area contributed by atoms with Crippen LogP contribution in [0.4, 0.5) is 17.6 Å². The number of rotatable bonds is 7. The molecule has 0 spiro atoms. The van der Waals surface area contributed by atoms with E-state index in [2.05, 4.69) is 4.74 Å². The van der Waals surface area contributed by atoms with Gasteiger partial charge < -0.3 is 15.2 Å². The Hall–Kier alpha value is -1.34. The monoisotopic (exact) mass is 295 g/mol. The first-order chi connectivity index (χ1) is 9.33. The van der Waals surface area contributed by atoms with Crippen LogP contribution < -0.4 is 10.5 Å². The molecule has 0 saturated carbocycles. The van der Waals surface area contributed by atoms with E-state index in [1.54, 1.807) is 6.07 Å². The standard InChI is InChI=1S/C13H17F4NO2/c1-2-10(18)6-9-4-3-5-11(14)12(9)20-8-19-7-13(15,16)17/h3-5,10H,2,6-8,18H2,1H3. The van der Waals surface area contributed by atoms with Crippen LogP contribution in [-0.4, -0.2) is 25.6 Å². The second-order valence-corrected chi connectivity index (χ2v) is 4.33. The van der Waals surface area contributed by atoms with Crippen molar-refractivity contribution in [3.63, 3.8) is 0 Å². The largest absolute Gasteiger partial charge is 0.464 e. The lowest BCUT2D eigenvalue weighted by atomic mass is 10.0. The highest BCUT2D eigenvalue weighted by atomic mass is 19.4. The number of ether oxygens (including phenoxy) is 2. The lowest BCUT2D eigenvalue weighted by Crippen LogP contribution is -2.22. The smallest absolute Gasteiger partial charge is 0.411 e. The molecule has 0 aliphatic carbocycles. The Balaban J connectivity index is 2.63. The number of hydrogen-bond donors (Lipinski definition) is 1. The average Bonchev–Trinajstić information content (AvgIpc) is 2.35. The molecule has 1 aromatic rings. The van der Waals surface area contributed by atoms with Crippen molar-refractivity contribution < 1.29 is 27.0 Å². The molecule has 3 nitrogen and oxygen atoms in total. The van der Waals surface area contributed by atoms with Crippen molar-refractivity contribution in [2.24, 2.45) is 5.73 Å². The van der Waals surface area contributed by atoms with Crippen LogP contribution in [-0.2, 0) is 11.2 Å². The topological polar surface area (TPSA) is 44.5 Å². The predicted molar refractivity (Wildman–Crippen MR) is 65.9 cm³/mol. The number of halogens is 4. The maximum atomic E-state index is 13.6. The molecule has 1 aromatic carbocycles. The molecule has 1 atom stereocenters. The molecule has 0 aliphatic rings. The lowest BCUT2D eigenvalue weighted by Gasteiger charge is -2.15. The zero-order chi connectivity index (χ0) is 15.2. The summed E-state index contributed by atoms with van der Waals surface area (Å²) in [6, 6.07) is 4.11. The van der Waals surface area contributed by atoms with Crippen molar-refractivity contribution in [3.05, 3.63) is 29.6 Å². The van der Waals surface area contributed by atoms with Crippen LogP contribution in [0, 0.1) is 5.82 Å². The van der Waals surface area contributed by atoms with Gasteiger partial charge in [-0.25, -0.2) is 4.39 Å². The highest BCUT2D eigenvalue weighted by molar-refractivity contribution is 5.35. The molecule has 0 aliphatic heterocycles. The third kappa shape index (κ3) is 5.75. The molecular formula is C13H17F4NO2. The van der Waals surface area contributed by atoms with Crippen LogP contribution >= 0.6 is 0 Å². The first-order valence-electron chi connectivity index (χ1n) is 6.13. The summed E-state index contributed by atoms with van der Waals surface area (Å²) in [4.78, 5) is 0. The van der Waals surface area contributed by atoms with Crippen LogP contribution in [0.2, 0.25) is 0 Å². The summed E-state index contributed by atoms with van der Waals surface area (Å²) in [5, 5.41) is 0. The zero-order valence-electron chi connectivity index (χ0n) is 11.0. The van der Waals surface area contributed by atoms with Gasteiger partial charge >= 0.3 is 6.18 Å². The van der Waals surface area contributed by atoms with Crippen molar-refractivity contribution in [2.75, 3.05) is 13.4 Å². The summed E-state index contributed by atoms with van der Waals surface area (Å²) < 4.78 is 58.5. The van der Waals surface area contributed by atoms with E-state index in [0.717, 1.165) is 0 Å². The normalized spacial score (nSPS) is 13.3. The van der Waals surface area contributed by atoms with Crippen molar-refractivity contribution >= 4 is 0 Å². The fourth-order valence-corrected chi connectivity index (χ4v) is 1.56. The second kappa shape index (κ2) is 7.44. The van der Waals surface area contributed by atoms with Gasteiger partial charge in [0.05, 0.1) is 0 Å². The Labute approximate surface area is 114 Å². The Kier molecular flexibility index (Phi) is 6.22. The van der Waals surface area contributed by atoms with Gasteiger partial charge in [0.2, 0.25) is 0 Å².